The molecule has 11 nitrogen and oxygen atoms in total. The van der Waals surface area contributed by atoms with Crippen molar-refractivity contribution in [3.63, 3.8) is 0 Å². The summed E-state index contributed by atoms with van der Waals surface area (Å²) in [4.78, 5) is 0. The zero-order chi connectivity index (χ0) is 39.8. The van der Waals surface area contributed by atoms with Crippen molar-refractivity contribution in [2.45, 2.75) is 199 Å². The lowest BCUT2D eigenvalue weighted by molar-refractivity contribution is -0.346. The Labute approximate surface area is 319 Å². The van der Waals surface area contributed by atoms with Crippen LogP contribution in [0.15, 0.2) is 0 Å². The predicted molar refractivity (Wildman–Crippen MR) is 224 cm³/mol. The van der Waals surface area contributed by atoms with E-state index >= 15 is 0 Å². The van der Waals surface area contributed by atoms with Crippen molar-refractivity contribution in [3.8, 4) is 0 Å². The Balaban J connectivity index is 2.83. The van der Waals surface area contributed by atoms with Gasteiger partial charge in [-0.15, -0.1) is 0 Å². The number of aliphatic hydroxyl groups is 1. The van der Waals surface area contributed by atoms with Gasteiger partial charge in [0.2, 0.25) is 0 Å². The van der Waals surface area contributed by atoms with Gasteiger partial charge in [-0.2, -0.15) is 0 Å². The third kappa shape index (κ3) is 18.3. The van der Waals surface area contributed by atoms with Gasteiger partial charge in [0.05, 0.1) is 13.2 Å². The van der Waals surface area contributed by atoms with Gasteiger partial charge in [0, 0.05) is 0 Å². The lowest BCUT2D eigenvalue weighted by Crippen LogP contribution is -2.69. The molecule has 10 atom stereocenters. The van der Waals surface area contributed by atoms with E-state index in [2.05, 4.69) is 137 Å². The smallest absolute Gasteiger partial charge is 0.186 e. The first kappa shape index (κ1) is 48.2. The Morgan fingerprint density at radius 3 is 1.06 bits per heavy atom. The van der Waals surface area contributed by atoms with Crippen molar-refractivity contribution >= 4 is 58.2 Å². The van der Waals surface area contributed by atoms with Crippen LogP contribution in [0.3, 0.4) is 0 Å². The van der Waals surface area contributed by atoms with Crippen LogP contribution in [0.25, 0.3) is 0 Å². The maximum absolute atomic E-state index is 11.5. The van der Waals surface area contributed by atoms with Gasteiger partial charge in [0.15, 0.2) is 70.8 Å². The summed E-state index contributed by atoms with van der Waals surface area (Å²) < 4.78 is 68.5. The molecule has 1 unspecified atom stereocenters. The molecule has 0 aliphatic carbocycles. The van der Waals surface area contributed by atoms with Crippen molar-refractivity contribution in [1.29, 1.82) is 0 Å². The Kier molecular flexibility index (Phi) is 16.7. The van der Waals surface area contributed by atoms with Crippen LogP contribution in [0.1, 0.15) is 0 Å². The normalized spacial score (nSPS) is 32.4. The summed E-state index contributed by atoms with van der Waals surface area (Å²) in [6.07, 6.45) is -6.86. The first-order valence-corrected chi connectivity index (χ1v) is 42.7. The highest BCUT2D eigenvalue weighted by molar-refractivity contribution is 6.72. The fourth-order valence-corrected chi connectivity index (χ4v) is 12.6. The molecule has 2 heterocycles. The summed E-state index contributed by atoms with van der Waals surface area (Å²) >= 11 is 0. The van der Waals surface area contributed by atoms with Crippen molar-refractivity contribution in [2.75, 3.05) is 13.2 Å². The lowest BCUT2D eigenvalue weighted by Gasteiger charge is -2.53. The van der Waals surface area contributed by atoms with Gasteiger partial charge in [-0.1, -0.05) is 0 Å². The highest BCUT2D eigenvalue weighted by Gasteiger charge is 2.56. The van der Waals surface area contributed by atoms with Crippen LogP contribution in [0.4, 0.5) is 0 Å². The van der Waals surface area contributed by atoms with E-state index in [0.717, 1.165) is 0 Å². The van der Waals surface area contributed by atoms with Crippen molar-refractivity contribution in [1.82, 2.24) is 0 Å². The van der Waals surface area contributed by atoms with Crippen LogP contribution in [-0.2, 0) is 45.2 Å². The van der Waals surface area contributed by atoms with E-state index in [9.17, 15) is 5.11 Å². The average Bonchev–Trinajstić information content (AvgIpc) is 2.84. The molecule has 2 saturated heterocycles. The summed E-state index contributed by atoms with van der Waals surface area (Å²) in [5, 5.41) is 11.5. The monoisotopic (exact) mass is 846 g/mol. The van der Waals surface area contributed by atoms with Crippen LogP contribution < -0.4 is 0 Å². The van der Waals surface area contributed by atoms with Gasteiger partial charge in [0.25, 0.3) is 0 Å². The molecule has 0 bridgehead atoms. The first-order chi connectivity index (χ1) is 22.5. The molecule has 0 amide bonds. The summed E-state index contributed by atoms with van der Waals surface area (Å²) in [5.74, 6) is 0. The third-order valence-corrected chi connectivity index (χ3v) is 14.3. The van der Waals surface area contributed by atoms with E-state index < -0.39 is 120 Å². The molecule has 0 radical (unpaired) electrons. The van der Waals surface area contributed by atoms with E-state index in [0.29, 0.717) is 6.61 Å². The number of hydrogen-bond donors (Lipinski definition) is 1. The van der Waals surface area contributed by atoms with E-state index in [-0.39, 0.29) is 6.61 Å². The van der Waals surface area contributed by atoms with Gasteiger partial charge >= 0.3 is 0 Å². The van der Waals surface area contributed by atoms with Gasteiger partial charge in [-0.05, 0) is 137 Å². The van der Waals surface area contributed by atoms with E-state index in [1.165, 1.54) is 0 Å². The molecular formula is C33H78O11Si7. The second-order valence-electron chi connectivity index (χ2n) is 21.0. The van der Waals surface area contributed by atoms with Crippen molar-refractivity contribution in [2.24, 2.45) is 0 Å². The Bertz CT molecular complexity index is 1070. The topological polar surface area (TPSA) is 113 Å². The Morgan fingerprint density at radius 2 is 0.686 bits per heavy atom. The molecular weight excluding hydrogens is 769 g/mol. The second-order valence-corrected chi connectivity index (χ2v) is 52.4. The summed E-state index contributed by atoms with van der Waals surface area (Å²) in [7, 11) is -14.9. The van der Waals surface area contributed by atoms with Crippen LogP contribution in [-0.4, -0.2) is 138 Å². The molecule has 304 valence electrons. The van der Waals surface area contributed by atoms with Gasteiger partial charge in [0.1, 0.15) is 48.8 Å². The molecule has 2 rings (SSSR count). The zero-order valence-corrected chi connectivity index (χ0v) is 43.2. The highest BCUT2D eigenvalue weighted by atomic mass is 28.4. The molecule has 1 N–H and O–H groups in total. The molecule has 0 aromatic carbocycles. The van der Waals surface area contributed by atoms with Crippen LogP contribution in [0.5, 0.6) is 0 Å². The minimum absolute atomic E-state index is 0.229. The highest BCUT2D eigenvalue weighted by Crippen LogP contribution is 2.38. The second kappa shape index (κ2) is 17.7. The Hall–Kier alpha value is 1.08. The van der Waals surface area contributed by atoms with E-state index in [1.807, 2.05) is 0 Å². The summed E-state index contributed by atoms with van der Waals surface area (Å²) in [5.41, 5.74) is 0. The van der Waals surface area contributed by atoms with Gasteiger partial charge in [-0.25, -0.2) is 0 Å². The molecule has 2 fully saturated rings. The van der Waals surface area contributed by atoms with Crippen molar-refractivity contribution in [3.05, 3.63) is 0 Å². The predicted octanol–water partition coefficient (Wildman–Crippen LogP) is 7.62. The number of aliphatic hydroxyl groups excluding tert-OH is 1. The number of rotatable bonds is 18. The molecule has 2 aliphatic rings. The summed E-state index contributed by atoms with van der Waals surface area (Å²) in [6.45, 7) is 45.9. The van der Waals surface area contributed by atoms with E-state index in [1.54, 1.807) is 0 Å². The van der Waals surface area contributed by atoms with Crippen LogP contribution in [0, 0.1) is 0 Å². The van der Waals surface area contributed by atoms with E-state index in [4.69, 9.17) is 45.2 Å². The molecule has 0 spiro atoms. The van der Waals surface area contributed by atoms with Crippen molar-refractivity contribution < 1.29 is 50.3 Å². The molecule has 18 heteroatoms. The molecule has 2 aliphatic heterocycles. The molecule has 51 heavy (non-hydrogen) atoms. The number of ether oxygens (including phenoxy) is 3. The quantitative estimate of drug-likeness (QED) is 0.138. The zero-order valence-electron chi connectivity index (χ0n) is 36.2. The summed E-state index contributed by atoms with van der Waals surface area (Å²) in [6, 6.07) is 0. The fourth-order valence-electron chi connectivity index (χ4n) is 5.84. The van der Waals surface area contributed by atoms with Crippen LogP contribution in [0.2, 0.25) is 137 Å². The maximum atomic E-state index is 11.5. The SMILES string of the molecule is C[Si](C)(C)OC[C@@H]1O[C@H](O)[C@@H](O[Si](C)(C)C)[C@H](O[Si](C)(C)C)[C@H]1OC1O[C@@H](CO[Si](C)(C)C)[C@H](O[Si](C)(C)C)[C@@H](O[Si](C)(C)C)[C@@H]1O[Si](C)(C)C. The lowest BCUT2D eigenvalue weighted by atomic mass is 9.97. The molecule has 0 aromatic rings. The Morgan fingerprint density at radius 1 is 0.373 bits per heavy atom. The minimum atomic E-state index is -2.23. The molecule has 0 aromatic heterocycles. The van der Waals surface area contributed by atoms with Crippen LogP contribution >= 0.6 is 0 Å². The number of hydrogen-bond acceptors (Lipinski definition) is 11. The minimum Gasteiger partial charge on any atom is -0.415 e. The largest absolute Gasteiger partial charge is 0.415 e. The maximum Gasteiger partial charge on any atom is 0.186 e. The van der Waals surface area contributed by atoms with Gasteiger partial charge < -0.3 is 50.3 Å². The van der Waals surface area contributed by atoms with Gasteiger partial charge in [-0.3, -0.25) is 0 Å². The standard InChI is InChI=1S/C33H78O11Si7/c1-45(2,3)35-22-24-26(28(41-48(10,11)12)30(32(34)37-24)43-50(16,17)18)39-33-31(44-51(19,20)21)29(42-49(13,14)15)27(40-47(7,8)9)25(38-33)23-36-46(4,5)6/h24-34H,22-23H2,1-21H3/t24-,25-,26-,27-,28+,29+,30-,31-,32-,33?/m0/s1. The first-order valence-electron chi connectivity index (χ1n) is 18.8. The average molecular weight is 848 g/mol. The molecule has 0 saturated carbocycles. The fraction of sp³-hybridized carbons (Fsp3) is 1.00. The third-order valence-electron chi connectivity index (χ3n) is 7.30.